The molecule has 1 aromatic heterocycles. The quantitative estimate of drug-likeness (QED) is 0.876. The van der Waals surface area contributed by atoms with E-state index >= 15 is 0 Å². The first-order chi connectivity index (χ1) is 10.5. The van der Waals surface area contributed by atoms with E-state index in [2.05, 4.69) is 15.5 Å². The van der Waals surface area contributed by atoms with Gasteiger partial charge in [-0.3, -0.25) is 9.69 Å². The van der Waals surface area contributed by atoms with Crippen LogP contribution in [0.2, 0.25) is 5.02 Å². The number of anilines is 1. The van der Waals surface area contributed by atoms with E-state index < -0.39 is 0 Å². The fourth-order valence-corrected chi connectivity index (χ4v) is 2.08. The number of hydrogen-bond donors (Lipinski definition) is 1. The minimum Gasteiger partial charge on any atom is -0.495 e. The molecule has 8 heteroatoms. The van der Waals surface area contributed by atoms with Crippen LogP contribution in [0.1, 0.15) is 11.7 Å². The maximum atomic E-state index is 12.1. The zero-order valence-electron chi connectivity index (χ0n) is 12.6. The SMILES string of the molecule is COc1ccc(Cl)cc1NC(=O)CN(C)Cc1nc(C)no1. The van der Waals surface area contributed by atoms with Gasteiger partial charge in [0.1, 0.15) is 5.75 Å². The van der Waals surface area contributed by atoms with Gasteiger partial charge in [0.15, 0.2) is 5.82 Å². The van der Waals surface area contributed by atoms with Crippen LogP contribution in [0.3, 0.4) is 0 Å². The molecule has 1 amide bonds. The Balaban J connectivity index is 1.93. The fourth-order valence-electron chi connectivity index (χ4n) is 1.90. The van der Waals surface area contributed by atoms with E-state index in [1.807, 2.05) is 0 Å². The number of benzene rings is 1. The van der Waals surface area contributed by atoms with Crippen molar-refractivity contribution in [2.24, 2.45) is 0 Å². The molecule has 0 saturated heterocycles. The third-order valence-electron chi connectivity index (χ3n) is 2.82. The molecule has 118 valence electrons. The maximum absolute atomic E-state index is 12.1. The molecule has 2 rings (SSSR count). The van der Waals surface area contributed by atoms with Crippen LogP contribution in [-0.2, 0) is 11.3 Å². The van der Waals surface area contributed by atoms with Gasteiger partial charge in [-0.1, -0.05) is 16.8 Å². The molecule has 0 spiro atoms. The van der Waals surface area contributed by atoms with Crippen molar-refractivity contribution in [2.45, 2.75) is 13.5 Å². The minimum atomic E-state index is -0.195. The lowest BCUT2D eigenvalue weighted by Gasteiger charge is -2.15. The molecule has 0 aliphatic rings. The number of carbonyl (C=O) groups is 1. The molecular formula is C14H17ClN4O3. The molecule has 2 aromatic rings. The van der Waals surface area contributed by atoms with Gasteiger partial charge in [-0.15, -0.1) is 0 Å². The molecule has 1 aromatic carbocycles. The molecule has 0 aliphatic heterocycles. The predicted octanol–water partition coefficient (Wildman–Crippen LogP) is 2.11. The van der Waals surface area contributed by atoms with Gasteiger partial charge in [0, 0.05) is 5.02 Å². The lowest BCUT2D eigenvalue weighted by Crippen LogP contribution is -2.30. The number of nitrogens with one attached hydrogen (secondary N) is 1. The van der Waals surface area contributed by atoms with Crippen molar-refractivity contribution >= 4 is 23.2 Å². The molecule has 22 heavy (non-hydrogen) atoms. The van der Waals surface area contributed by atoms with Crippen molar-refractivity contribution in [3.8, 4) is 5.75 Å². The van der Waals surface area contributed by atoms with Crippen molar-refractivity contribution in [2.75, 3.05) is 26.0 Å². The van der Waals surface area contributed by atoms with Gasteiger partial charge in [0.05, 0.1) is 25.9 Å². The average Bonchev–Trinajstić information content (AvgIpc) is 2.83. The first-order valence-electron chi connectivity index (χ1n) is 6.59. The highest BCUT2D eigenvalue weighted by Gasteiger charge is 2.13. The summed E-state index contributed by atoms with van der Waals surface area (Å²) < 4.78 is 10.2. The number of rotatable bonds is 6. The summed E-state index contributed by atoms with van der Waals surface area (Å²) >= 11 is 5.93. The van der Waals surface area contributed by atoms with Gasteiger partial charge in [-0.25, -0.2) is 0 Å². The van der Waals surface area contributed by atoms with E-state index in [0.29, 0.717) is 34.7 Å². The van der Waals surface area contributed by atoms with Gasteiger partial charge in [-0.05, 0) is 32.2 Å². The standard InChI is InChI=1S/C14H17ClN4O3/c1-9-16-14(22-18-9)8-19(2)7-13(20)17-11-6-10(15)4-5-12(11)21-3/h4-6H,7-8H2,1-3H3,(H,17,20). The molecule has 0 saturated carbocycles. The molecule has 0 atom stereocenters. The summed E-state index contributed by atoms with van der Waals surface area (Å²) in [6.07, 6.45) is 0. The van der Waals surface area contributed by atoms with Crippen LogP contribution in [0.5, 0.6) is 5.75 Å². The van der Waals surface area contributed by atoms with Gasteiger partial charge >= 0.3 is 0 Å². The number of carbonyl (C=O) groups excluding carboxylic acids is 1. The summed E-state index contributed by atoms with van der Waals surface area (Å²) in [7, 11) is 3.32. The Morgan fingerprint density at radius 3 is 2.91 bits per heavy atom. The average molecular weight is 325 g/mol. The van der Waals surface area contributed by atoms with Crippen LogP contribution in [0.25, 0.3) is 0 Å². The van der Waals surface area contributed by atoms with E-state index in [-0.39, 0.29) is 12.5 Å². The number of ether oxygens (including phenoxy) is 1. The third kappa shape index (κ3) is 4.44. The van der Waals surface area contributed by atoms with Gasteiger partial charge in [0.2, 0.25) is 11.8 Å². The second-order valence-electron chi connectivity index (χ2n) is 4.80. The van der Waals surface area contributed by atoms with E-state index in [1.54, 1.807) is 37.1 Å². The number of amides is 1. The Labute approximate surface area is 133 Å². The van der Waals surface area contributed by atoms with Crippen LogP contribution in [-0.4, -0.2) is 41.6 Å². The normalized spacial score (nSPS) is 10.8. The lowest BCUT2D eigenvalue weighted by molar-refractivity contribution is -0.117. The van der Waals surface area contributed by atoms with Crippen molar-refractivity contribution < 1.29 is 14.1 Å². The molecule has 0 radical (unpaired) electrons. The molecule has 7 nitrogen and oxygen atoms in total. The number of hydrogen-bond acceptors (Lipinski definition) is 6. The molecule has 1 N–H and O–H groups in total. The summed E-state index contributed by atoms with van der Waals surface area (Å²) in [5.74, 6) is 1.39. The molecule has 0 unspecified atom stereocenters. The molecule has 1 heterocycles. The Morgan fingerprint density at radius 1 is 1.50 bits per heavy atom. The van der Waals surface area contributed by atoms with Crippen molar-refractivity contribution in [3.05, 3.63) is 34.9 Å². The van der Waals surface area contributed by atoms with Gasteiger partial charge < -0.3 is 14.6 Å². The first-order valence-corrected chi connectivity index (χ1v) is 6.97. The highest BCUT2D eigenvalue weighted by molar-refractivity contribution is 6.31. The van der Waals surface area contributed by atoms with Crippen LogP contribution >= 0.6 is 11.6 Å². The Morgan fingerprint density at radius 2 is 2.27 bits per heavy atom. The molecule has 0 fully saturated rings. The van der Waals surface area contributed by atoms with Gasteiger partial charge in [0.25, 0.3) is 0 Å². The Bertz CT molecular complexity index is 659. The minimum absolute atomic E-state index is 0.164. The summed E-state index contributed by atoms with van der Waals surface area (Å²) in [6.45, 7) is 2.29. The summed E-state index contributed by atoms with van der Waals surface area (Å²) in [5, 5.41) is 6.99. The van der Waals surface area contributed by atoms with Gasteiger partial charge in [-0.2, -0.15) is 4.98 Å². The number of aryl methyl sites for hydroxylation is 1. The predicted molar refractivity (Wildman–Crippen MR) is 82.0 cm³/mol. The molecular weight excluding hydrogens is 308 g/mol. The van der Waals surface area contributed by atoms with Crippen LogP contribution < -0.4 is 10.1 Å². The van der Waals surface area contributed by atoms with Crippen molar-refractivity contribution in [1.29, 1.82) is 0 Å². The zero-order chi connectivity index (χ0) is 16.1. The van der Waals surface area contributed by atoms with E-state index in [4.69, 9.17) is 20.9 Å². The summed E-state index contributed by atoms with van der Waals surface area (Å²) in [6, 6.07) is 5.03. The number of methoxy groups -OCH3 is 1. The topological polar surface area (TPSA) is 80.5 Å². The fraction of sp³-hybridized carbons (Fsp3) is 0.357. The van der Waals surface area contributed by atoms with E-state index in [0.717, 1.165) is 0 Å². The lowest BCUT2D eigenvalue weighted by atomic mass is 10.3. The zero-order valence-corrected chi connectivity index (χ0v) is 13.3. The molecule has 0 aliphatic carbocycles. The van der Waals surface area contributed by atoms with Crippen LogP contribution in [0.4, 0.5) is 5.69 Å². The summed E-state index contributed by atoms with van der Waals surface area (Å²) in [4.78, 5) is 17.9. The van der Waals surface area contributed by atoms with Crippen LogP contribution in [0.15, 0.2) is 22.7 Å². The highest BCUT2D eigenvalue weighted by Crippen LogP contribution is 2.27. The highest BCUT2D eigenvalue weighted by atomic mass is 35.5. The van der Waals surface area contributed by atoms with E-state index in [9.17, 15) is 4.79 Å². The van der Waals surface area contributed by atoms with E-state index in [1.165, 1.54) is 7.11 Å². The smallest absolute Gasteiger partial charge is 0.240 e. The van der Waals surface area contributed by atoms with Crippen molar-refractivity contribution in [1.82, 2.24) is 15.0 Å². The molecule has 0 bridgehead atoms. The second-order valence-corrected chi connectivity index (χ2v) is 5.24. The van der Waals surface area contributed by atoms with Crippen molar-refractivity contribution in [3.63, 3.8) is 0 Å². The Kier molecular flexibility index (Phi) is 5.35. The first kappa shape index (κ1) is 16.3. The monoisotopic (exact) mass is 324 g/mol. The largest absolute Gasteiger partial charge is 0.495 e. The van der Waals surface area contributed by atoms with Crippen LogP contribution in [0, 0.1) is 6.92 Å². The number of nitrogens with zero attached hydrogens (tertiary/aromatic N) is 3. The summed E-state index contributed by atoms with van der Waals surface area (Å²) in [5.41, 5.74) is 0.530. The number of aromatic nitrogens is 2. The maximum Gasteiger partial charge on any atom is 0.240 e. The Hall–Kier alpha value is -2.12. The number of likely N-dealkylation sites (N-methyl/N-ethyl adjacent to an activating group) is 1. The second kappa shape index (κ2) is 7.24. The third-order valence-corrected chi connectivity index (χ3v) is 3.06. The number of halogens is 1.